The van der Waals surface area contributed by atoms with Crippen molar-refractivity contribution in [2.24, 2.45) is 7.05 Å². The molecular formula is C20H25N7O. The Hall–Kier alpha value is -3.00. The van der Waals surface area contributed by atoms with Crippen LogP contribution in [0, 0.1) is 0 Å². The van der Waals surface area contributed by atoms with Crippen LogP contribution in [-0.2, 0) is 13.6 Å². The van der Waals surface area contributed by atoms with Crippen molar-refractivity contribution in [3.8, 4) is 0 Å². The van der Waals surface area contributed by atoms with E-state index in [1.165, 1.54) is 11.9 Å². The molecule has 0 amide bonds. The Morgan fingerprint density at radius 3 is 2.61 bits per heavy atom. The minimum atomic E-state index is -0.0637. The highest BCUT2D eigenvalue weighted by atomic mass is 16.1. The summed E-state index contributed by atoms with van der Waals surface area (Å²) < 4.78 is 1.67. The van der Waals surface area contributed by atoms with Crippen molar-refractivity contribution >= 4 is 22.4 Å². The van der Waals surface area contributed by atoms with E-state index in [2.05, 4.69) is 43.0 Å². The predicted octanol–water partition coefficient (Wildman–Crippen LogP) is 1.11. The van der Waals surface area contributed by atoms with Gasteiger partial charge in [-0.25, -0.2) is 9.97 Å². The number of nitrogens with zero attached hydrogens (tertiary/aromatic N) is 7. The fraction of sp³-hybridized carbons (Fsp3) is 0.400. The molecule has 1 aliphatic rings. The highest BCUT2D eigenvalue weighted by Crippen LogP contribution is 2.27. The Kier molecular flexibility index (Phi) is 4.95. The van der Waals surface area contributed by atoms with E-state index in [0.717, 1.165) is 55.1 Å². The second-order valence-electron chi connectivity index (χ2n) is 7.35. The van der Waals surface area contributed by atoms with Gasteiger partial charge < -0.3 is 14.4 Å². The third-order valence-electron chi connectivity index (χ3n) is 5.31. The smallest absolute Gasteiger partial charge is 0.268 e. The molecule has 1 aliphatic heterocycles. The zero-order chi connectivity index (χ0) is 19.7. The van der Waals surface area contributed by atoms with E-state index in [1.54, 1.807) is 24.1 Å². The Labute approximate surface area is 164 Å². The van der Waals surface area contributed by atoms with E-state index in [1.807, 2.05) is 19.0 Å². The molecule has 0 unspecified atom stereocenters. The van der Waals surface area contributed by atoms with Gasteiger partial charge in [-0.3, -0.25) is 14.7 Å². The molecule has 1 aromatic carbocycles. The first-order valence-electron chi connectivity index (χ1n) is 9.42. The van der Waals surface area contributed by atoms with E-state index in [0.29, 0.717) is 0 Å². The molecule has 8 heteroatoms. The van der Waals surface area contributed by atoms with Crippen molar-refractivity contribution in [3.63, 3.8) is 0 Å². The van der Waals surface area contributed by atoms with E-state index >= 15 is 0 Å². The molecule has 146 valence electrons. The van der Waals surface area contributed by atoms with Crippen LogP contribution in [0.25, 0.3) is 10.9 Å². The first kappa shape index (κ1) is 18.4. The number of rotatable bonds is 4. The third kappa shape index (κ3) is 3.55. The summed E-state index contributed by atoms with van der Waals surface area (Å²) in [6.45, 7) is 4.49. The van der Waals surface area contributed by atoms with E-state index < -0.39 is 0 Å². The van der Waals surface area contributed by atoms with Crippen LogP contribution < -0.4 is 15.4 Å². The molecule has 0 aliphatic carbocycles. The molecule has 2 aromatic heterocycles. The maximum Gasteiger partial charge on any atom is 0.268 e. The number of piperazine rings is 1. The molecule has 0 bridgehead atoms. The molecule has 3 heterocycles. The Morgan fingerprint density at radius 2 is 1.86 bits per heavy atom. The number of fused-ring (bicyclic) bond motifs is 1. The summed E-state index contributed by atoms with van der Waals surface area (Å²) in [5, 5.41) is 1.07. The zero-order valence-corrected chi connectivity index (χ0v) is 16.5. The maximum absolute atomic E-state index is 11.8. The van der Waals surface area contributed by atoms with Gasteiger partial charge in [0, 0.05) is 71.1 Å². The molecule has 0 atom stereocenters. The van der Waals surface area contributed by atoms with Gasteiger partial charge in [-0.1, -0.05) is 0 Å². The lowest BCUT2D eigenvalue weighted by Crippen LogP contribution is -2.46. The second kappa shape index (κ2) is 7.55. The zero-order valence-electron chi connectivity index (χ0n) is 16.5. The molecular weight excluding hydrogens is 354 g/mol. The van der Waals surface area contributed by atoms with Gasteiger partial charge in [-0.05, 0) is 18.2 Å². The normalized spacial score (nSPS) is 15.2. The predicted molar refractivity (Wildman–Crippen MR) is 111 cm³/mol. The van der Waals surface area contributed by atoms with Gasteiger partial charge in [0.2, 0.25) is 0 Å². The highest BCUT2D eigenvalue weighted by molar-refractivity contribution is 5.91. The van der Waals surface area contributed by atoms with Crippen molar-refractivity contribution in [2.75, 3.05) is 50.1 Å². The lowest BCUT2D eigenvalue weighted by molar-refractivity contribution is 0.243. The van der Waals surface area contributed by atoms with Crippen molar-refractivity contribution in [1.29, 1.82) is 0 Å². The average Bonchev–Trinajstić information content (AvgIpc) is 2.71. The Balaban J connectivity index is 1.48. The van der Waals surface area contributed by atoms with Crippen LogP contribution in [0.15, 0.2) is 41.7 Å². The highest BCUT2D eigenvalue weighted by Gasteiger charge is 2.19. The molecule has 0 spiro atoms. The molecule has 28 heavy (non-hydrogen) atoms. The lowest BCUT2D eigenvalue weighted by Gasteiger charge is -2.36. The van der Waals surface area contributed by atoms with Crippen LogP contribution in [0.5, 0.6) is 0 Å². The number of benzene rings is 1. The van der Waals surface area contributed by atoms with Crippen LogP contribution in [0.2, 0.25) is 0 Å². The third-order valence-corrected chi connectivity index (χ3v) is 5.31. The minimum Gasteiger partial charge on any atom is -0.369 e. The van der Waals surface area contributed by atoms with Crippen molar-refractivity contribution in [1.82, 2.24) is 24.4 Å². The monoisotopic (exact) mass is 379 g/mol. The summed E-state index contributed by atoms with van der Waals surface area (Å²) in [5.74, 6) is 0.933. The number of aromatic nitrogens is 4. The summed E-state index contributed by atoms with van der Waals surface area (Å²) in [6, 6.07) is 6.39. The quantitative estimate of drug-likeness (QED) is 0.673. The molecule has 4 rings (SSSR count). The first-order valence-corrected chi connectivity index (χ1v) is 9.42. The summed E-state index contributed by atoms with van der Waals surface area (Å²) in [7, 11) is 5.80. The topological polar surface area (TPSA) is 70.4 Å². The van der Waals surface area contributed by atoms with Crippen molar-refractivity contribution in [3.05, 3.63) is 53.0 Å². The molecule has 0 radical (unpaired) electrons. The summed E-state index contributed by atoms with van der Waals surface area (Å²) in [5.41, 5.74) is 3.03. The lowest BCUT2D eigenvalue weighted by atomic mass is 10.1. The first-order chi connectivity index (χ1) is 13.5. The summed E-state index contributed by atoms with van der Waals surface area (Å²) in [6.07, 6.45) is 4.74. The number of hydrogen-bond acceptors (Lipinski definition) is 7. The number of hydrogen-bond donors (Lipinski definition) is 0. The molecule has 0 N–H and O–H groups in total. The van der Waals surface area contributed by atoms with Gasteiger partial charge in [0.25, 0.3) is 5.56 Å². The Bertz CT molecular complexity index is 1040. The summed E-state index contributed by atoms with van der Waals surface area (Å²) in [4.78, 5) is 31.4. The number of anilines is 2. The van der Waals surface area contributed by atoms with E-state index in [9.17, 15) is 4.79 Å². The van der Waals surface area contributed by atoms with Gasteiger partial charge in [-0.2, -0.15) is 0 Å². The minimum absolute atomic E-state index is 0.0637. The van der Waals surface area contributed by atoms with E-state index in [-0.39, 0.29) is 5.56 Å². The van der Waals surface area contributed by atoms with Gasteiger partial charge in [0.15, 0.2) is 0 Å². The average molecular weight is 379 g/mol. The molecule has 1 fully saturated rings. The van der Waals surface area contributed by atoms with E-state index in [4.69, 9.17) is 0 Å². The SMILES string of the molecule is CN(C)c1ncnc2ccc(N3CCN(Cc4cncc(=O)n4C)CC3)cc12. The van der Waals surface area contributed by atoms with Gasteiger partial charge >= 0.3 is 0 Å². The van der Waals surface area contributed by atoms with Crippen molar-refractivity contribution in [2.45, 2.75) is 6.54 Å². The maximum atomic E-state index is 11.8. The summed E-state index contributed by atoms with van der Waals surface area (Å²) >= 11 is 0. The molecule has 3 aromatic rings. The van der Waals surface area contributed by atoms with Gasteiger partial charge in [0.05, 0.1) is 17.4 Å². The molecule has 8 nitrogen and oxygen atoms in total. The fourth-order valence-electron chi connectivity index (χ4n) is 3.63. The van der Waals surface area contributed by atoms with Crippen LogP contribution in [-0.4, -0.2) is 64.7 Å². The van der Waals surface area contributed by atoms with Crippen LogP contribution >= 0.6 is 0 Å². The fourth-order valence-corrected chi connectivity index (χ4v) is 3.63. The molecule has 1 saturated heterocycles. The van der Waals surface area contributed by atoms with Gasteiger partial charge in [-0.15, -0.1) is 0 Å². The largest absolute Gasteiger partial charge is 0.369 e. The van der Waals surface area contributed by atoms with Gasteiger partial charge in [0.1, 0.15) is 12.1 Å². The second-order valence-corrected chi connectivity index (χ2v) is 7.35. The molecule has 0 saturated carbocycles. The van der Waals surface area contributed by atoms with Crippen LogP contribution in [0.3, 0.4) is 0 Å². The standard InChI is InChI=1S/C20H25N7O/c1-24(2)20-17-10-15(4-5-18(17)22-14-23-20)27-8-6-26(7-9-27)13-16-11-21-12-19(28)25(16)3/h4-5,10-12,14H,6-9,13H2,1-3H3. The van der Waals surface area contributed by atoms with Crippen LogP contribution in [0.1, 0.15) is 5.69 Å². The van der Waals surface area contributed by atoms with Crippen molar-refractivity contribution < 1.29 is 0 Å². The van der Waals surface area contributed by atoms with Crippen LogP contribution in [0.4, 0.5) is 11.5 Å². The Morgan fingerprint density at radius 1 is 1.07 bits per heavy atom.